The van der Waals surface area contributed by atoms with Crippen molar-refractivity contribution < 1.29 is 24.2 Å². The summed E-state index contributed by atoms with van der Waals surface area (Å²) in [5.74, 6) is -2.52. The van der Waals surface area contributed by atoms with Crippen molar-refractivity contribution in [1.82, 2.24) is 10.2 Å². The van der Waals surface area contributed by atoms with Crippen LogP contribution in [0.15, 0.2) is 42.5 Å². The molecule has 5 rings (SSSR count). The number of hydrogen-bond donors (Lipinski definition) is 3. The number of methoxy groups -OCH3 is 1. The number of nitrogens with one attached hydrogen (secondary N) is 2. The van der Waals surface area contributed by atoms with Crippen LogP contribution < -0.4 is 15.4 Å². The van der Waals surface area contributed by atoms with Crippen LogP contribution in [0.4, 0.5) is 5.69 Å². The first-order valence-corrected chi connectivity index (χ1v) is 10.7. The molecule has 9 heteroatoms. The van der Waals surface area contributed by atoms with Crippen LogP contribution in [0.1, 0.15) is 18.1 Å². The lowest BCUT2D eigenvalue weighted by Crippen LogP contribution is -2.54. The summed E-state index contributed by atoms with van der Waals surface area (Å²) in [6.45, 7) is 1.62. The van der Waals surface area contributed by atoms with E-state index in [-0.39, 0.29) is 6.54 Å². The molecule has 0 saturated carbocycles. The molecule has 3 aliphatic rings. The predicted molar refractivity (Wildman–Crippen MR) is 116 cm³/mol. The molecule has 0 bridgehead atoms. The molecule has 2 fully saturated rings. The van der Waals surface area contributed by atoms with Gasteiger partial charge >= 0.3 is 0 Å². The molecule has 2 aromatic rings. The maximum atomic E-state index is 13.6. The number of likely N-dealkylation sites (tertiary alicyclic amines) is 1. The fourth-order valence-corrected chi connectivity index (χ4v) is 5.49. The first-order valence-electron chi connectivity index (χ1n) is 10.3. The number of hydrogen-bond acceptors (Lipinski definition) is 6. The number of imide groups is 1. The van der Waals surface area contributed by atoms with Gasteiger partial charge in [0.2, 0.25) is 17.7 Å². The van der Waals surface area contributed by atoms with E-state index in [1.807, 2.05) is 0 Å². The van der Waals surface area contributed by atoms with Gasteiger partial charge in [0.05, 0.1) is 42.3 Å². The highest BCUT2D eigenvalue weighted by molar-refractivity contribution is 6.35. The fourth-order valence-electron chi connectivity index (χ4n) is 5.27. The zero-order valence-electron chi connectivity index (χ0n) is 17.5. The van der Waals surface area contributed by atoms with Crippen molar-refractivity contribution in [3.05, 3.63) is 58.6 Å². The van der Waals surface area contributed by atoms with E-state index in [4.69, 9.17) is 16.3 Å². The second-order valence-corrected chi connectivity index (χ2v) is 8.86. The first-order chi connectivity index (χ1) is 15.3. The maximum Gasteiger partial charge on any atom is 0.250 e. The Morgan fingerprint density at radius 3 is 2.53 bits per heavy atom. The minimum absolute atomic E-state index is 0.0707. The number of para-hydroxylation sites is 1. The lowest BCUT2D eigenvalue weighted by Gasteiger charge is -2.30. The standard InChI is InChI=1S/C23H22ClN3O5/c1-11(28)18-16-17(23(26-18)14-4-3-5-15(24)19(14)25-22(23)31)21(30)27(20(16)29)10-12-6-8-13(32-2)9-7-12/h3-9,11,16-18,26,28H,10H2,1-2H3,(H,25,31)/t11-,16+,17+,18+,23+/m1/s1. The molecule has 3 aliphatic heterocycles. The smallest absolute Gasteiger partial charge is 0.250 e. The van der Waals surface area contributed by atoms with Crippen molar-refractivity contribution >= 4 is 35.0 Å². The number of carbonyl (C=O) groups excluding carboxylic acids is 3. The van der Waals surface area contributed by atoms with Crippen molar-refractivity contribution in [3.63, 3.8) is 0 Å². The monoisotopic (exact) mass is 455 g/mol. The number of rotatable bonds is 4. The number of anilines is 1. The van der Waals surface area contributed by atoms with E-state index in [1.165, 1.54) is 4.90 Å². The van der Waals surface area contributed by atoms with Gasteiger partial charge in [0.25, 0.3) is 0 Å². The molecule has 0 aromatic heterocycles. The van der Waals surface area contributed by atoms with Gasteiger partial charge in [-0.05, 0) is 30.7 Å². The molecular weight excluding hydrogens is 434 g/mol. The SMILES string of the molecule is COc1ccc(CN2C(=O)[C@@H]3[C@H]([C@@H](C)O)N[C@]4(C(=O)Nc5c(Cl)cccc54)[C@@H]3C2=O)cc1. The number of halogens is 1. The topological polar surface area (TPSA) is 108 Å². The molecule has 1 spiro atoms. The van der Waals surface area contributed by atoms with Gasteiger partial charge in [-0.1, -0.05) is 35.9 Å². The van der Waals surface area contributed by atoms with Crippen molar-refractivity contribution in [2.45, 2.75) is 31.2 Å². The van der Waals surface area contributed by atoms with Gasteiger partial charge in [-0.2, -0.15) is 0 Å². The Morgan fingerprint density at radius 1 is 1.16 bits per heavy atom. The number of ether oxygens (including phenoxy) is 1. The number of carbonyl (C=O) groups is 3. The average molecular weight is 456 g/mol. The second kappa shape index (κ2) is 7.30. The summed E-state index contributed by atoms with van der Waals surface area (Å²) < 4.78 is 5.16. The van der Waals surface area contributed by atoms with E-state index < -0.39 is 47.2 Å². The Balaban J connectivity index is 1.58. The molecule has 0 unspecified atom stereocenters. The summed E-state index contributed by atoms with van der Waals surface area (Å²) in [5.41, 5.74) is 0.210. The number of fused-ring (bicyclic) bond motifs is 4. The third-order valence-electron chi connectivity index (χ3n) is 6.74. The largest absolute Gasteiger partial charge is 0.497 e. The van der Waals surface area contributed by atoms with Crippen LogP contribution >= 0.6 is 11.6 Å². The molecule has 2 aromatic carbocycles. The molecular formula is C23H22ClN3O5. The third-order valence-corrected chi connectivity index (χ3v) is 7.06. The predicted octanol–water partition coefficient (Wildman–Crippen LogP) is 1.65. The van der Waals surface area contributed by atoms with Gasteiger partial charge in [0, 0.05) is 11.6 Å². The van der Waals surface area contributed by atoms with Crippen LogP contribution in [0.3, 0.4) is 0 Å². The highest BCUT2D eigenvalue weighted by Gasteiger charge is 2.71. The molecule has 0 radical (unpaired) electrons. The van der Waals surface area contributed by atoms with E-state index >= 15 is 0 Å². The molecule has 166 valence electrons. The van der Waals surface area contributed by atoms with Crippen molar-refractivity contribution in [1.29, 1.82) is 0 Å². The number of nitrogens with zero attached hydrogens (tertiary/aromatic N) is 1. The summed E-state index contributed by atoms with van der Waals surface area (Å²) in [5, 5.41) is 16.7. The van der Waals surface area contributed by atoms with Crippen LogP contribution in [0.5, 0.6) is 5.75 Å². The summed E-state index contributed by atoms with van der Waals surface area (Å²) in [6, 6.07) is 11.4. The Hall–Kier alpha value is -2.94. The second-order valence-electron chi connectivity index (χ2n) is 8.45. The maximum absolute atomic E-state index is 13.6. The highest BCUT2D eigenvalue weighted by Crippen LogP contribution is 2.54. The minimum Gasteiger partial charge on any atom is -0.497 e. The lowest BCUT2D eigenvalue weighted by molar-refractivity contribution is -0.143. The Bertz CT molecular complexity index is 1130. The van der Waals surface area contributed by atoms with Crippen molar-refractivity contribution in [3.8, 4) is 5.75 Å². The quantitative estimate of drug-likeness (QED) is 0.605. The third kappa shape index (κ3) is 2.73. The molecule has 3 amide bonds. The molecule has 5 atom stereocenters. The zero-order chi connectivity index (χ0) is 22.8. The van der Waals surface area contributed by atoms with Gasteiger partial charge in [0.1, 0.15) is 11.3 Å². The molecule has 0 aliphatic carbocycles. The number of benzene rings is 2. The van der Waals surface area contributed by atoms with E-state index in [0.29, 0.717) is 22.0 Å². The zero-order valence-corrected chi connectivity index (χ0v) is 18.2. The van der Waals surface area contributed by atoms with Crippen LogP contribution in [0.2, 0.25) is 5.02 Å². The van der Waals surface area contributed by atoms with Crippen LogP contribution in [-0.4, -0.2) is 47.0 Å². The van der Waals surface area contributed by atoms with Gasteiger partial charge in [0.15, 0.2) is 0 Å². The Morgan fingerprint density at radius 2 is 1.88 bits per heavy atom. The summed E-state index contributed by atoms with van der Waals surface area (Å²) in [4.78, 5) is 41.6. The van der Waals surface area contributed by atoms with Gasteiger partial charge in [-0.15, -0.1) is 0 Å². The molecule has 2 saturated heterocycles. The minimum atomic E-state index is -1.48. The molecule has 32 heavy (non-hydrogen) atoms. The Kier molecular flexibility index (Phi) is 4.77. The van der Waals surface area contributed by atoms with E-state index in [2.05, 4.69) is 10.6 Å². The summed E-state index contributed by atoms with van der Waals surface area (Å²) >= 11 is 6.30. The van der Waals surface area contributed by atoms with Crippen molar-refractivity contribution in [2.75, 3.05) is 12.4 Å². The number of aliphatic hydroxyl groups is 1. The van der Waals surface area contributed by atoms with Crippen LogP contribution in [-0.2, 0) is 26.5 Å². The fraction of sp³-hybridized carbons (Fsp3) is 0.348. The van der Waals surface area contributed by atoms with E-state index in [0.717, 1.165) is 5.56 Å². The van der Waals surface area contributed by atoms with Gasteiger partial charge < -0.3 is 15.2 Å². The van der Waals surface area contributed by atoms with E-state index in [1.54, 1.807) is 56.5 Å². The summed E-state index contributed by atoms with van der Waals surface area (Å²) in [7, 11) is 1.56. The summed E-state index contributed by atoms with van der Waals surface area (Å²) in [6.07, 6.45) is -0.962. The van der Waals surface area contributed by atoms with Crippen molar-refractivity contribution in [2.24, 2.45) is 11.8 Å². The van der Waals surface area contributed by atoms with Crippen LogP contribution in [0, 0.1) is 11.8 Å². The lowest BCUT2D eigenvalue weighted by atomic mass is 9.76. The average Bonchev–Trinajstić information content (AvgIpc) is 3.36. The first kappa shape index (κ1) is 20.9. The molecule has 3 N–H and O–H groups in total. The highest BCUT2D eigenvalue weighted by atomic mass is 35.5. The Labute approximate surface area is 189 Å². The number of amides is 3. The van der Waals surface area contributed by atoms with Crippen LogP contribution in [0.25, 0.3) is 0 Å². The van der Waals surface area contributed by atoms with E-state index in [9.17, 15) is 19.5 Å². The normalized spacial score (nSPS) is 29.3. The number of aliphatic hydroxyl groups excluding tert-OH is 1. The molecule has 3 heterocycles. The van der Waals surface area contributed by atoms with Gasteiger partial charge in [-0.3, -0.25) is 24.6 Å². The van der Waals surface area contributed by atoms with Gasteiger partial charge in [-0.25, -0.2) is 0 Å². The molecule has 8 nitrogen and oxygen atoms in total.